The molecule has 0 aliphatic rings. The molecule has 1 heteroatoms. The summed E-state index contributed by atoms with van der Waals surface area (Å²) in [5, 5.41) is 10.3. The maximum atomic E-state index is 3.79. The van der Waals surface area contributed by atoms with Crippen LogP contribution in [0.3, 0.4) is 0 Å². The topological polar surface area (TPSA) is 0 Å². The smallest absolute Gasteiger partial charge is 0.0332 e. The first-order chi connectivity index (χ1) is 20.3. The Kier molecular flexibility index (Phi) is 6.80. The van der Waals surface area contributed by atoms with Gasteiger partial charge in [-0.1, -0.05) is 158 Å². The first-order valence-electron chi connectivity index (χ1n) is 13.9. The standard InChI is InChI=1S/C20H13Br.C20H14/c21-20-17-12-6-4-10-15(17)19(14-8-2-1-3-9-14)16-11-5-7-13-18(16)20;1-2-8-15(9-3-1)20-18-12-6-4-10-16(18)14-17-11-5-7-13-19(17)20/h1-13H;1-14H. The fourth-order valence-corrected chi connectivity index (χ4v) is 6.61. The van der Waals surface area contributed by atoms with E-state index in [0.717, 1.165) is 0 Å². The summed E-state index contributed by atoms with van der Waals surface area (Å²) < 4.78 is 1.17. The molecule has 0 spiro atoms. The molecular weight excluding hydrogens is 560 g/mol. The van der Waals surface area contributed by atoms with Crippen molar-refractivity contribution in [3.8, 4) is 22.3 Å². The van der Waals surface area contributed by atoms with Gasteiger partial charge in [0.2, 0.25) is 0 Å². The number of halogens is 1. The van der Waals surface area contributed by atoms with Gasteiger partial charge in [-0.05, 0) is 87.3 Å². The Bertz CT molecular complexity index is 2030. The lowest BCUT2D eigenvalue weighted by atomic mass is 9.92. The van der Waals surface area contributed by atoms with Crippen molar-refractivity contribution in [1.82, 2.24) is 0 Å². The van der Waals surface area contributed by atoms with Gasteiger partial charge in [-0.2, -0.15) is 0 Å². The minimum absolute atomic E-state index is 1.17. The average Bonchev–Trinajstić information content (AvgIpc) is 3.05. The third kappa shape index (κ3) is 4.69. The largest absolute Gasteiger partial charge is 0.0622 e. The highest BCUT2D eigenvalue weighted by molar-refractivity contribution is 9.10. The number of benzene rings is 8. The SMILES string of the molecule is Brc1c2ccccc2c(-c2ccccc2)c2ccccc12.c1ccc(-c2c3ccccc3cc3ccccc23)cc1. The van der Waals surface area contributed by atoms with E-state index in [2.05, 4.69) is 180 Å². The zero-order valence-electron chi connectivity index (χ0n) is 22.5. The van der Waals surface area contributed by atoms with Crippen molar-refractivity contribution >= 4 is 59.0 Å². The molecule has 41 heavy (non-hydrogen) atoms. The lowest BCUT2D eigenvalue weighted by molar-refractivity contribution is 1.66. The van der Waals surface area contributed by atoms with Crippen LogP contribution in [0, 0.1) is 0 Å². The van der Waals surface area contributed by atoms with Crippen molar-refractivity contribution in [3.05, 3.63) is 168 Å². The molecule has 8 aromatic carbocycles. The van der Waals surface area contributed by atoms with E-state index >= 15 is 0 Å². The minimum atomic E-state index is 1.17. The molecule has 0 atom stereocenters. The van der Waals surface area contributed by atoms with Crippen LogP contribution in [0.2, 0.25) is 0 Å². The summed E-state index contributed by atoms with van der Waals surface area (Å²) >= 11 is 3.79. The van der Waals surface area contributed by atoms with Gasteiger partial charge in [0.1, 0.15) is 0 Å². The summed E-state index contributed by atoms with van der Waals surface area (Å²) in [7, 11) is 0. The first-order valence-corrected chi connectivity index (χ1v) is 14.7. The van der Waals surface area contributed by atoms with Gasteiger partial charge in [-0.3, -0.25) is 0 Å². The second-order valence-corrected chi connectivity index (χ2v) is 11.0. The maximum absolute atomic E-state index is 3.79. The Balaban J connectivity index is 0.000000135. The fourth-order valence-electron chi connectivity index (χ4n) is 5.92. The third-order valence-corrected chi connectivity index (χ3v) is 8.62. The molecule has 0 saturated heterocycles. The van der Waals surface area contributed by atoms with Crippen LogP contribution in [0.1, 0.15) is 0 Å². The van der Waals surface area contributed by atoms with Crippen molar-refractivity contribution in [1.29, 1.82) is 0 Å². The van der Waals surface area contributed by atoms with Crippen LogP contribution >= 0.6 is 15.9 Å². The van der Waals surface area contributed by atoms with Gasteiger partial charge in [-0.15, -0.1) is 0 Å². The summed E-state index contributed by atoms with van der Waals surface area (Å²) in [6.07, 6.45) is 0. The molecular formula is C40H27Br. The van der Waals surface area contributed by atoms with Crippen molar-refractivity contribution in [2.45, 2.75) is 0 Å². The highest BCUT2D eigenvalue weighted by Gasteiger charge is 2.13. The van der Waals surface area contributed by atoms with E-state index in [1.54, 1.807) is 0 Å². The van der Waals surface area contributed by atoms with Crippen LogP contribution in [0.25, 0.3) is 65.3 Å². The zero-order chi connectivity index (χ0) is 27.6. The second-order valence-electron chi connectivity index (χ2n) is 10.2. The first kappa shape index (κ1) is 25.3. The van der Waals surface area contributed by atoms with E-state index in [-0.39, 0.29) is 0 Å². The molecule has 0 heterocycles. The maximum Gasteiger partial charge on any atom is 0.0332 e. The van der Waals surface area contributed by atoms with Crippen molar-refractivity contribution < 1.29 is 0 Å². The Morgan fingerprint density at radius 2 is 0.610 bits per heavy atom. The van der Waals surface area contributed by atoms with Crippen LogP contribution in [0.4, 0.5) is 0 Å². The predicted molar refractivity (Wildman–Crippen MR) is 181 cm³/mol. The highest BCUT2D eigenvalue weighted by Crippen LogP contribution is 2.41. The Labute approximate surface area is 248 Å². The summed E-state index contributed by atoms with van der Waals surface area (Å²) in [5.74, 6) is 0. The quantitative estimate of drug-likeness (QED) is 0.177. The van der Waals surface area contributed by atoms with Gasteiger partial charge in [0, 0.05) is 4.47 Å². The van der Waals surface area contributed by atoms with Crippen molar-refractivity contribution in [3.63, 3.8) is 0 Å². The second kappa shape index (κ2) is 11.0. The molecule has 0 amide bonds. The molecule has 0 N–H and O–H groups in total. The number of rotatable bonds is 2. The molecule has 0 bridgehead atoms. The monoisotopic (exact) mass is 586 g/mol. The van der Waals surface area contributed by atoms with E-state index < -0.39 is 0 Å². The lowest BCUT2D eigenvalue weighted by Gasteiger charge is -2.14. The van der Waals surface area contributed by atoms with E-state index in [4.69, 9.17) is 0 Å². The van der Waals surface area contributed by atoms with E-state index in [0.29, 0.717) is 0 Å². The van der Waals surface area contributed by atoms with E-state index in [1.165, 1.54) is 69.8 Å². The highest BCUT2D eigenvalue weighted by atomic mass is 79.9. The molecule has 0 aromatic heterocycles. The molecule has 8 aromatic rings. The Morgan fingerprint density at radius 1 is 0.293 bits per heavy atom. The average molecular weight is 588 g/mol. The van der Waals surface area contributed by atoms with Crippen LogP contribution in [0.5, 0.6) is 0 Å². The molecule has 0 aliphatic carbocycles. The van der Waals surface area contributed by atoms with Crippen LogP contribution in [-0.2, 0) is 0 Å². The molecule has 194 valence electrons. The van der Waals surface area contributed by atoms with Gasteiger partial charge in [0.25, 0.3) is 0 Å². The summed E-state index contributed by atoms with van der Waals surface area (Å²) in [6.45, 7) is 0. The van der Waals surface area contributed by atoms with Gasteiger partial charge < -0.3 is 0 Å². The summed E-state index contributed by atoms with van der Waals surface area (Å²) in [6, 6.07) is 58.0. The zero-order valence-corrected chi connectivity index (χ0v) is 24.1. The van der Waals surface area contributed by atoms with Crippen LogP contribution in [-0.4, -0.2) is 0 Å². The molecule has 0 fully saturated rings. The van der Waals surface area contributed by atoms with Gasteiger partial charge in [0.15, 0.2) is 0 Å². The Morgan fingerprint density at radius 3 is 1.05 bits per heavy atom. The molecule has 0 aliphatic heterocycles. The molecule has 0 radical (unpaired) electrons. The van der Waals surface area contributed by atoms with Gasteiger partial charge in [-0.25, -0.2) is 0 Å². The normalized spacial score (nSPS) is 11.0. The predicted octanol–water partition coefficient (Wildman–Crippen LogP) is 12.1. The number of hydrogen-bond acceptors (Lipinski definition) is 0. The van der Waals surface area contributed by atoms with Crippen LogP contribution < -0.4 is 0 Å². The van der Waals surface area contributed by atoms with E-state index in [1.807, 2.05) is 0 Å². The van der Waals surface area contributed by atoms with Gasteiger partial charge >= 0.3 is 0 Å². The third-order valence-electron chi connectivity index (χ3n) is 7.76. The Hall–Kier alpha value is -4.72. The molecule has 0 unspecified atom stereocenters. The minimum Gasteiger partial charge on any atom is -0.0622 e. The fraction of sp³-hybridized carbons (Fsp3) is 0. The van der Waals surface area contributed by atoms with Crippen molar-refractivity contribution in [2.75, 3.05) is 0 Å². The molecule has 8 rings (SSSR count). The van der Waals surface area contributed by atoms with Crippen LogP contribution in [0.15, 0.2) is 168 Å². The molecule has 0 nitrogen and oxygen atoms in total. The van der Waals surface area contributed by atoms with E-state index in [9.17, 15) is 0 Å². The summed E-state index contributed by atoms with van der Waals surface area (Å²) in [5.41, 5.74) is 5.18. The number of fused-ring (bicyclic) bond motifs is 4. The van der Waals surface area contributed by atoms with Crippen molar-refractivity contribution in [2.24, 2.45) is 0 Å². The lowest BCUT2D eigenvalue weighted by Crippen LogP contribution is -1.86. The number of hydrogen-bond donors (Lipinski definition) is 0. The molecule has 0 saturated carbocycles. The summed E-state index contributed by atoms with van der Waals surface area (Å²) in [4.78, 5) is 0. The van der Waals surface area contributed by atoms with Gasteiger partial charge in [0.05, 0.1) is 0 Å².